The van der Waals surface area contributed by atoms with E-state index in [-0.39, 0.29) is 5.95 Å². The van der Waals surface area contributed by atoms with Gasteiger partial charge in [-0.1, -0.05) is 0 Å². The Kier molecular flexibility index (Phi) is 4.39. The number of hydrogen-bond donors (Lipinski definition) is 5. The number of nitrogens with two attached hydrogens (primary N) is 1. The molecule has 6 N–H and O–H groups in total. The largest absolute Gasteiger partial charge is 0.469 e. The number of aromatic nitrogens is 3. The Morgan fingerprint density at radius 3 is 2.67 bits per heavy atom. The Balaban J connectivity index is 2.16. The van der Waals surface area contributed by atoms with Crippen LogP contribution in [0, 0.1) is 0 Å². The summed E-state index contributed by atoms with van der Waals surface area (Å²) in [6, 6.07) is 0. The Hall–Kier alpha value is -1.40. The number of aliphatic hydroxyl groups excluding tert-OH is 2. The number of nitrogens with zero attached hydrogens (tertiary/aromatic N) is 3. The molecule has 1 aromatic heterocycles. The number of ether oxygens (including phenoxy) is 1. The SMILES string of the molecule is [15NH2]c1[15n]c[15n]([C@@H]2O[C@H](COP(=O)(O)O)[C@@H](O)[C@H]2O)c(=O)[15n]1. The number of anilines is 1. The molecule has 4 atom stereocenters. The Bertz CT molecular complexity index is 617. The number of phosphoric acid groups is 1. The van der Waals surface area contributed by atoms with E-state index in [0.29, 0.717) is 0 Å². The molecule has 1 aliphatic rings. The highest BCUT2D eigenvalue weighted by atomic mass is 31.2. The van der Waals surface area contributed by atoms with E-state index in [1.807, 2.05) is 0 Å². The second-order valence-electron chi connectivity index (χ2n) is 4.24. The minimum atomic E-state index is -4.75. The van der Waals surface area contributed by atoms with Crippen LogP contribution >= 0.6 is 7.82 Å². The molecule has 118 valence electrons. The molecule has 1 aliphatic heterocycles. The van der Waals surface area contributed by atoms with Crippen LogP contribution < -0.4 is 11.4 Å². The lowest BCUT2D eigenvalue weighted by Gasteiger charge is -2.16. The van der Waals surface area contributed by atoms with Crippen LogP contribution in [0.4, 0.5) is 5.95 Å². The van der Waals surface area contributed by atoms with Crippen molar-refractivity contribution in [2.45, 2.75) is 24.5 Å². The van der Waals surface area contributed by atoms with Gasteiger partial charge in [-0.25, -0.2) is 14.3 Å². The molecule has 13 heteroatoms. The van der Waals surface area contributed by atoms with Crippen molar-refractivity contribution in [1.29, 1.82) is 0 Å². The summed E-state index contributed by atoms with van der Waals surface area (Å²) in [5.74, 6) is -0.273. The highest BCUT2D eigenvalue weighted by Crippen LogP contribution is 2.38. The van der Waals surface area contributed by atoms with Gasteiger partial charge >= 0.3 is 13.5 Å². The van der Waals surface area contributed by atoms with Gasteiger partial charge in [-0.3, -0.25) is 9.09 Å². The van der Waals surface area contributed by atoms with Crippen LogP contribution in [-0.4, -0.2) is 59.5 Å². The van der Waals surface area contributed by atoms with Crippen LogP contribution in [0.3, 0.4) is 0 Å². The van der Waals surface area contributed by atoms with Gasteiger partial charge in [0.1, 0.15) is 24.6 Å². The van der Waals surface area contributed by atoms with Gasteiger partial charge in [0.05, 0.1) is 6.61 Å². The summed E-state index contributed by atoms with van der Waals surface area (Å²) in [6.45, 7) is -0.677. The Labute approximate surface area is 117 Å². The molecule has 0 bridgehead atoms. The fourth-order valence-corrected chi connectivity index (χ4v) is 2.14. The van der Waals surface area contributed by atoms with Crippen molar-refractivity contribution in [3.05, 3.63) is 16.8 Å². The predicted molar refractivity (Wildman–Crippen MR) is 64.6 cm³/mol. The summed E-state index contributed by atoms with van der Waals surface area (Å²) in [7, 11) is -4.75. The molecule has 12 nitrogen and oxygen atoms in total. The van der Waals surface area contributed by atoms with E-state index in [2.05, 4.69) is 14.5 Å². The average Bonchev–Trinajstić information content (AvgIpc) is 2.64. The van der Waals surface area contributed by atoms with Crippen LogP contribution in [0.1, 0.15) is 6.23 Å². The third-order valence-electron chi connectivity index (χ3n) is 2.76. The van der Waals surface area contributed by atoms with Crippen LogP contribution in [-0.2, 0) is 13.8 Å². The number of rotatable bonds is 4. The first-order chi connectivity index (χ1) is 9.69. The fraction of sp³-hybridized carbons (Fsp3) is 0.625. The summed E-state index contributed by atoms with van der Waals surface area (Å²) in [5, 5.41) is 19.6. The van der Waals surface area contributed by atoms with Crippen LogP contribution in [0.2, 0.25) is 0 Å². The van der Waals surface area contributed by atoms with Crippen molar-refractivity contribution in [1.82, 2.24) is 14.5 Å². The summed E-state index contributed by atoms with van der Waals surface area (Å²) < 4.78 is 20.8. The molecule has 21 heavy (non-hydrogen) atoms. The van der Waals surface area contributed by atoms with Gasteiger partial charge in [0.2, 0.25) is 5.95 Å². The molecule has 1 aromatic rings. The highest BCUT2D eigenvalue weighted by molar-refractivity contribution is 7.46. The maximum Gasteiger partial charge on any atom is 0.469 e. The molecule has 0 saturated carbocycles. The normalized spacial score (nSPS) is 29.7. The monoisotopic (exact) mass is 328 g/mol. The van der Waals surface area contributed by atoms with E-state index in [9.17, 15) is 19.6 Å². The summed E-state index contributed by atoms with van der Waals surface area (Å²) >= 11 is 0. The van der Waals surface area contributed by atoms with Crippen LogP contribution in [0.25, 0.3) is 0 Å². The topological polar surface area (TPSA) is 190 Å². The lowest BCUT2D eigenvalue weighted by atomic mass is 10.1. The van der Waals surface area contributed by atoms with Crippen LogP contribution in [0.15, 0.2) is 11.1 Å². The number of hydrogen-bond acceptors (Lipinski definition) is 9. The van der Waals surface area contributed by atoms with Crippen molar-refractivity contribution in [2.24, 2.45) is 0 Å². The van der Waals surface area contributed by atoms with Gasteiger partial charge in [-0.15, -0.1) is 0 Å². The fourth-order valence-electron chi connectivity index (χ4n) is 1.80. The molecule has 0 unspecified atom stereocenters. The molecule has 0 aromatic carbocycles. The zero-order valence-corrected chi connectivity index (χ0v) is 11.3. The Morgan fingerprint density at radius 1 is 1.43 bits per heavy atom. The quantitative estimate of drug-likeness (QED) is 0.279. The first-order valence-electron chi connectivity index (χ1n) is 5.61. The van der Waals surface area contributed by atoms with Gasteiger partial charge in [0.15, 0.2) is 6.23 Å². The highest BCUT2D eigenvalue weighted by Gasteiger charge is 2.45. The maximum absolute atomic E-state index is 11.6. The van der Waals surface area contributed by atoms with E-state index in [1.165, 1.54) is 0 Å². The van der Waals surface area contributed by atoms with Crippen molar-refractivity contribution in [3.63, 3.8) is 0 Å². The summed E-state index contributed by atoms with van der Waals surface area (Å²) in [6.07, 6.45) is -4.68. The van der Waals surface area contributed by atoms with Gasteiger partial charge in [-0.2, -0.15) is 4.98 Å². The smallest absolute Gasteiger partial charge is 0.387 e. The number of aliphatic hydroxyl groups is 2. The third-order valence-corrected chi connectivity index (χ3v) is 3.25. The van der Waals surface area contributed by atoms with Crippen molar-refractivity contribution in [2.75, 3.05) is 12.3 Å². The summed E-state index contributed by atoms with van der Waals surface area (Å²) in [5.41, 5.74) is 4.35. The molecular weight excluding hydrogens is 315 g/mol. The van der Waals surface area contributed by atoms with Gasteiger partial charge in [0, 0.05) is 0 Å². The molecule has 0 amide bonds. The molecule has 1 fully saturated rings. The molecule has 0 spiro atoms. The standard InChI is InChI=1S/C8H13N4O8P/c9-7-10-2-12(8(15)11-7)6-5(14)4(13)3(20-6)1-19-21(16,17)18/h2-6,13-14H,1H2,(H2,9,11,15)(H2,16,17,18)/t3-,4-,5-,6-/m1/s1/i9+1,10+1,11+1,12+1. The average molecular weight is 328 g/mol. The third kappa shape index (κ3) is 3.63. The minimum Gasteiger partial charge on any atom is -0.387 e. The van der Waals surface area contributed by atoms with E-state index in [4.69, 9.17) is 20.3 Å². The van der Waals surface area contributed by atoms with Crippen molar-refractivity contribution in [3.8, 4) is 0 Å². The van der Waals surface area contributed by atoms with Crippen molar-refractivity contribution < 1.29 is 33.8 Å². The first-order valence-corrected chi connectivity index (χ1v) is 7.14. The maximum atomic E-state index is 11.6. The van der Waals surface area contributed by atoms with Crippen molar-refractivity contribution >= 4 is 13.8 Å². The molecule has 1 saturated heterocycles. The number of nitrogen functional groups attached to an aromatic ring is 1. The molecule has 2 rings (SSSR count). The first kappa shape index (κ1) is 16.0. The van der Waals surface area contributed by atoms with Gasteiger partial charge < -0.3 is 30.5 Å². The van der Waals surface area contributed by atoms with E-state index >= 15 is 0 Å². The summed E-state index contributed by atoms with van der Waals surface area (Å²) in [4.78, 5) is 35.7. The zero-order valence-electron chi connectivity index (χ0n) is 10.4. The van der Waals surface area contributed by atoms with Gasteiger partial charge in [-0.05, 0) is 0 Å². The Morgan fingerprint density at radius 2 is 2.10 bits per heavy atom. The minimum absolute atomic E-state index is 0.273. The molecular formula is C8H13N4O8P. The van der Waals surface area contributed by atoms with E-state index < -0.39 is 44.7 Å². The number of phosphoric ester groups is 1. The molecule has 0 radical (unpaired) electrons. The second-order valence-corrected chi connectivity index (χ2v) is 5.48. The molecule has 2 heterocycles. The van der Waals surface area contributed by atoms with Crippen LogP contribution in [0.5, 0.6) is 0 Å². The molecule has 0 aliphatic carbocycles. The second kappa shape index (κ2) is 5.77. The zero-order chi connectivity index (χ0) is 15.8. The van der Waals surface area contributed by atoms with Gasteiger partial charge in [0.25, 0.3) is 0 Å². The predicted octanol–water partition coefficient (Wildman–Crippen LogP) is -3.05. The van der Waals surface area contributed by atoms with E-state index in [1.54, 1.807) is 0 Å². The lowest BCUT2D eigenvalue weighted by Crippen LogP contribution is -2.36. The van der Waals surface area contributed by atoms with E-state index in [0.717, 1.165) is 10.9 Å². The lowest BCUT2D eigenvalue weighted by molar-refractivity contribution is -0.0547.